The molecule has 0 bridgehead atoms. The van der Waals surface area contributed by atoms with Crippen molar-refractivity contribution in [1.82, 2.24) is 20.4 Å². The van der Waals surface area contributed by atoms with Crippen LogP contribution in [0.5, 0.6) is 0 Å². The van der Waals surface area contributed by atoms with E-state index in [9.17, 15) is 9.18 Å². The molecule has 6 nitrogen and oxygen atoms in total. The summed E-state index contributed by atoms with van der Waals surface area (Å²) in [6, 6.07) is 4.35. The van der Waals surface area contributed by atoms with Gasteiger partial charge in [-0.05, 0) is 18.6 Å². The summed E-state index contributed by atoms with van der Waals surface area (Å²) >= 11 is 0. The summed E-state index contributed by atoms with van der Waals surface area (Å²) in [6.07, 6.45) is 3.55. The van der Waals surface area contributed by atoms with Crippen molar-refractivity contribution < 1.29 is 13.9 Å². The van der Waals surface area contributed by atoms with Crippen LogP contribution in [-0.4, -0.2) is 22.9 Å². The Morgan fingerprint density at radius 3 is 2.87 bits per heavy atom. The first kappa shape index (κ1) is 17.0. The fraction of sp³-hybridized carbons (Fsp3) is 0.375. The molecule has 2 N–H and O–H groups in total. The van der Waals surface area contributed by atoms with Gasteiger partial charge in [0.15, 0.2) is 0 Å². The molecule has 1 heterocycles. The van der Waals surface area contributed by atoms with E-state index in [4.69, 9.17) is 4.74 Å². The zero-order chi connectivity index (χ0) is 16.8. The number of rotatable bonds is 6. The maximum atomic E-state index is 13.8. The topological polar surface area (TPSA) is 68.2 Å². The SMILES string of the molecule is COCc1ccc(CNC(=O)N[C@@H](C)c2cnn(C)c2)cc1F. The molecule has 0 unspecified atom stereocenters. The summed E-state index contributed by atoms with van der Waals surface area (Å²) in [5.41, 5.74) is 2.09. The monoisotopic (exact) mass is 320 g/mol. The third-order valence-electron chi connectivity index (χ3n) is 3.44. The molecule has 0 aliphatic heterocycles. The van der Waals surface area contributed by atoms with Crippen molar-refractivity contribution in [1.29, 1.82) is 0 Å². The molecule has 0 aliphatic rings. The van der Waals surface area contributed by atoms with Crippen molar-refractivity contribution in [3.63, 3.8) is 0 Å². The van der Waals surface area contributed by atoms with Gasteiger partial charge in [0, 0.05) is 38.0 Å². The van der Waals surface area contributed by atoms with Crippen LogP contribution in [-0.2, 0) is 24.9 Å². The fourth-order valence-corrected chi connectivity index (χ4v) is 2.15. The number of amides is 2. The van der Waals surface area contributed by atoms with E-state index in [1.807, 2.05) is 20.2 Å². The number of nitrogens with zero attached hydrogens (tertiary/aromatic N) is 2. The number of hydrogen-bond acceptors (Lipinski definition) is 3. The predicted octanol–water partition coefficient (Wildman–Crippen LogP) is 2.27. The van der Waals surface area contributed by atoms with Gasteiger partial charge in [-0.3, -0.25) is 4.68 Å². The van der Waals surface area contributed by atoms with Crippen LogP contribution >= 0.6 is 0 Å². The van der Waals surface area contributed by atoms with E-state index >= 15 is 0 Å². The van der Waals surface area contributed by atoms with Gasteiger partial charge in [0.2, 0.25) is 0 Å². The van der Waals surface area contributed by atoms with Gasteiger partial charge >= 0.3 is 6.03 Å². The molecule has 1 aromatic carbocycles. The number of aryl methyl sites for hydroxylation is 1. The Labute approximate surface area is 134 Å². The molecule has 2 aromatic rings. The quantitative estimate of drug-likeness (QED) is 0.858. The number of carbonyl (C=O) groups excluding carboxylic acids is 1. The molecular weight excluding hydrogens is 299 g/mol. The van der Waals surface area contributed by atoms with Crippen LogP contribution in [0.2, 0.25) is 0 Å². The van der Waals surface area contributed by atoms with E-state index in [1.54, 1.807) is 23.0 Å². The summed E-state index contributed by atoms with van der Waals surface area (Å²) in [7, 11) is 3.33. The number of nitrogens with one attached hydrogen (secondary N) is 2. The van der Waals surface area contributed by atoms with Gasteiger partial charge in [-0.2, -0.15) is 5.10 Å². The lowest BCUT2D eigenvalue weighted by atomic mass is 10.1. The summed E-state index contributed by atoms with van der Waals surface area (Å²) in [4.78, 5) is 11.9. The number of ether oxygens (including phenoxy) is 1. The summed E-state index contributed by atoms with van der Waals surface area (Å²) in [5.74, 6) is -0.338. The maximum absolute atomic E-state index is 13.8. The number of carbonyl (C=O) groups is 1. The van der Waals surface area contributed by atoms with Gasteiger partial charge in [-0.15, -0.1) is 0 Å². The minimum atomic E-state index is -0.338. The Morgan fingerprint density at radius 2 is 2.26 bits per heavy atom. The van der Waals surface area contributed by atoms with Crippen LogP contribution in [0.4, 0.5) is 9.18 Å². The van der Waals surface area contributed by atoms with Crippen molar-refractivity contribution in [3.05, 3.63) is 53.1 Å². The lowest BCUT2D eigenvalue weighted by molar-refractivity contribution is 0.181. The van der Waals surface area contributed by atoms with Gasteiger partial charge in [-0.1, -0.05) is 12.1 Å². The van der Waals surface area contributed by atoms with Crippen LogP contribution in [0.15, 0.2) is 30.6 Å². The first-order chi connectivity index (χ1) is 11.0. The second kappa shape index (κ2) is 7.73. The third-order valence-corrected chi connectivity index (χ3v) is 3.44. The molecule has 2 amide bonds. The highest BCUT2D eigenvalue weighted by atomic mass is 19.1. The zero-order valence-electron chi connectivity index (χ0n) is 13.5. The van der Waals surface area contributed by atoms with Crippen molar-refractivity contribution in [2.24, 2.45) is 7.05 Å². The molecule has 1 atom stereocenters. The summed E-state index contributed by atoms with van der Waals surface area (Å²) < 4.78 is 20.4. The second-order valence-electron chi connectivity index (χ2n) is 5.35. The summed E-state index contributed by atoms with van der Waals surface area (Å²) in [5, 5.41) is 9.58. The Morgan fingerprint density at radius 1 is 1.48 bits per heavy atom. The van der Waals surface area contributed by atoms with E-state index in [2.05, 4.69) is 15.7 Å². The predicted molar refractivity (Wildman–Crippen MR) is 84.1 cm³/mol. The van der Waals surface area contributed by atoms with Crippen molar-refractivity contribution in [3.8, 4) is 0 Å². The standard InChI is InChI=1S/C16H21FN4O2/c1-11(14-8-19-21(2)9-14)20-16(22)18-7-12-4-5-13(10-23-3)15(17)6-12/h4-6,8-9,11H,7,10H2,1-3H3,(H2,18,20,22)/t11-/m0/s1. The van der Waals surface area contributed by atoms with E-state index in [0.29, 0.717) is 11.1 Å². The molecule has 23 heavy (non-hydrogen) atoms. The number of aromatic nitrogens is 2. The average Bonchev–Trinajstić information content (AvgIpc) is 2.94. The Hall–Kier alpha value is -2.41. The molecule has 0 radical (unpaired) electrons. The molecule has 1 aromatic heterocycles. The Kier molecular flexibility index (Phi) is 5.70. The number of urea groups is 1. The third kappa shape index (κ3) is 4.79. The van der Waals surface area contributed by atoms with Gasteiger partial charge in [0.1, 0.15) is 5.82 Å². The molecule has 0 saturated heterocycles. The Balaban J connectivity index is 1.85. The molecule has 124 valence electrons. The minimum absolute atomic E-state index is 0.162. The minimum Gasteiger partial charge on any atom is -0.380 e. The largest absolute Gasteiger partial charge is 0.380 e. The number of benzene rings is 1. The van der Waals surface area contributed by atoms with E-state index in [1.165, 1.54) is 13.2 Å². The highest BCUT2D eigenvalue weighted by Gasteiger charge is 2.11. The van der Waals surface area contributed by atoms with Crippen molar-refractivity contribution >= 4 is 6.03 Å². The number of halogens is 1. The van der Waals surface area contributed by atoms with E-state index in [-0.39, 0.29) is 31.0 Å². The normalized spacial score (nSPS) is 12.0. The molecule has 0 fully saturated rings. The van der Waals surface area contributed by atoms with Crippen LogP contribution < -0.4 is 10.6 Å². The van der Waals surface area contributed by atoms with Crippen LogP contribution in [0.3, 0.4) is 0 Å². The summed E-state index contributed by atoms with van der Waals surface area (Å²) in [6.45, 7) is 2.34. The van der Waals surface area contributed by atoms with Crippen LogP contribution in [0, 0.1) is 5.82 Å². The highest BCUT2D eigenvalue weighted by Crippen LogP contribution is 2.12. The zero-order valence-corrected chi connectivity index (χ0v) is 13.5. The van der Waals surface area contributed by atoms with Crippen molar-refractivity contribution in [2.45, 2.75) is 26.1 Å². The Bertz CT molecular complexity index is 672. The first-order valence-electron chi connectivity index (χ1n) is 7.28. The van der Waals surface area contributed by atoms with Crippen LogP contribution in [0.25, 0.3) is 0 Å². The molecular formula is C16H21FN4O2. The van der Waals surface area contributed by atoms with E-state index < -0.39 is 0 Å². The molecule has 0 spiro atoms. The smallest absolute Gasteiger partial charge is 0.315 e. The number of methoxy groups -OCH3 is 1. The fourth-order valence-electron chi connectivity index (χ4n) is 2.15. The molecule has 0 aliphatic carbocycles. The van der Waals surface area contributed by atoms with Crippen LogP contribution in [0.1, 0.15) is 29.7 Å². The second-order valence-corrected chi connectivity index (χ2v) is 5.35. The number of hydrogen-bond donors (Lipinski definition) is 2. The van der Waals surface area contributed by atoms with Gasteiger partial charge < -0.3 is 15.4 Å². The molecule has 7 heteroatoms. The first-order valence-corrected chi connectivity index (χ1v) is 7.28. The van der Waals surface area contributed by atoms with E-state index in [0.717, 1.165) is 5.56 Å². The lowest BCUT2D eigenvalue weighted by Gasteiger charge is -2.13. The lowest BCUT2D eigenvalue weighted by Crippen LogP contribution is -2.36. The van der Waals surface area contributed by atoms with Gasteiger partial charge in [0.05, 0.1) is 18.8 Å². The van der Waals surface area contributed by atoms with Gasteiger partial charge in [0.25, 0.3) is 0 Å². The average molecular weight is 320 g/mol. The molecule has 0 saturated carbocycles. The maximum Gasteiger partial charge on any atom is 0.315 e. The molecule has 2 rings (SSSR count). The highest BCUT2D eigenvalue weighted by molar-refractivity contribution is 5.74. The van der Waals surface area contributed by atoms with Crippen molar-refractivity contribution in [2.75, 3.05) is 7.11 Å². The van der Waals surface area contributed by atoms with Gasteiger partial charge in [-0.25, -0.2) is 9.18 Å².